The highest BCUT2D eigenvalue weighted by Crippen LogP contribution is 2.18. The summed E-state index contributed by atoms with van der Waals surface area (Å²) in [6.07, 6.45) is 4.09. The lowest BCUT2D eigenvalue weighted by molar-refractivity contribution is -0.135. The third kappa shape index (κ3) is 12.6. The predicted octanol–water partition coefficient (Wildman–Crippen LogP) is 1.41. The van der Waals surface area contributed by atoms with Crippen LogP contribution >= 0.6 is 11.3 Å². The van der Waals surface area contributed by atoms with E-state index in [1.54, 1.807) is 20.8 Å². The van der Waals surface area contributed by atoms with Gasteiger partial charge in [-0.1, -0.05) is 26.7 Å². The largest absolute Gasteiger partial charge is 0.488 e. The van der Waals surface area contributed by atoms with E-state index in [1.165, 1.54) is 29.3 Å². The second-order valence-electron chi connectivity index (χ2n) is 12.6. The first-order chi connectivity index (χ1) is 24.1. The summed E-state index contributed by atoms with van der Waals surface area (Å²) >= 11 is 0.988. The number of aromatic nitrogens is 2. The van der Waals surface area contributed by atoms with Gasteiger partial charge in [0.2, 0.25) is 17.2 Å². The normalized spacial score (nSPS) is 15.7. The first kappa shape index (κ1) is 40.2. The summed E-state index contributed by atoms with van der Waals surface area (Å²) in [6.45, 7) is 11.2. The van der Waals surface area contributed by atoms with Gasteiger partial charge in [0, 0.05) is 18.0 Å². The van der Waals surface area contributed by atoms with E-state index in [2.05, 4.69) is 36.9 Å². The first-order valence-corrected chi connectivity index (χ1v) is 17.5. The minimum absolute atomic E-state index is 0.0212. The first-order valence-electron chi connectivity index (χ1n) is 16.6. The third-order valence-electron chi connectivity index (χ3n) is 7.10. The molecular formula is C32H47N9O9S. The van der Waals surface area contributed by atoms with Crippen LogP contribution in [0.5, 0.6) is 5.75 Å². The molecule has 0 radical (unpaired) electrons. The Bertz CT molecular complexity index is 1640. The summed E-state index contributed by atoms with van der Waals surface area (Å²) in [5.41, 5.74) is -1.26. The molecule has 3 atom stereocenters. The highest BCUT2D eigenvalue weighted by molar-refractivity contribution is 7.14. The number of hydrogen-bond donors (Lipinski definition) is 7. The van der Waals surface area contributed by atoms with Crippen LogP contribution in [0.3, 0.4) is 0 Å². The number of pyridine rings is 1. The number of carbonyl (C=O) groups excluding carboxylic acids is 5. The van der Waals surface area contributed by atoms with Gasteiger partial charge in [-0.25, -0.2) is 14.6 Å². The van der Waals surface area contributed by atoms with E-state index in [9.17, 15) is 28.8 Å². The fourth-order valence-corrected chi connectivity index (χ4v) is 5.01. The Hall–Kier alpha value is -5.20. The molecule has 3 heterocycles. The number of rotatable bonds is 18. The number of nitrogens with one attached hydrogen (secondary N) is 7. The van der Waals surface area contributed by atoms with Gasteiger partial charge in [-0.05, 0) is 40.5 Å². The smallest absolute Gasteiger partial charge is 0.413 e. The summed E-state index contributed by atoms with van der Waals surface area (Å²) in [4.78, 5) is 84.7. The molecule has 0 saturated carbocycles. The quantitative estimate of drug-likeness (QED) is 0.0660. The zero-order valence-electron chi connectivity index (χ0n) is 29.6. The molecule has 0 aliphatic carbocycles. The van der Waals surface area contributed by atoms with Crippen molar-refractivity contribution in [2.24, 2.45) is 0 Å². The van der Waals surface area contributed by atoms with E-state index in [0.717, 1.165) is 37.0 Å². The molecule has 18 nitrogen and oxygen atoms in total. The van der Waals surface area contributed by atoms with E-state index < -0.39 is 59.3 Å². The summed E-state index contributed by atoms with van der Waals surface area (Å²) in [5.74, 6) is -1.81. The number of unbranched alkanes of at least 4 members (excludes halogenated alkanes) is 2. The molecule has 1 fully saturated rings. The molecule has 19 heteroatoms. The number of ether oxygens (including phenoxy) is 2. The number of β-lactam (4-membered cyclic amide) rings is 1. The van der Waals surface area contributed by atoms with Crippen molar-refractivity contribution in [1.82, 2.24) is 36.3 Å². The van der Waals surface area contributed by atoms with E-state index in [1.807, 2.05) is 13.8 Å². The zero-order chi connectivity index (χ0) is 37.7. The lowest BCUT2D eigenvalue weighted by Gasteiger charge is -2.37. The van der Waals surface area contributed by atoms with E-state index in [4.69, 9.17) is 19.7 Å². The summed E-state index contributed by atoms with van der Waals surface area (Å²) in [6, 6.07) is -2.07. The monoisotopic (exact) mass is 733 g/mol. The minimum atomic E-state index is -1.04. The molecule has 280 valence electrons. The fraction of sp³-hybridized carbons (Fsp3) is 0.562. The number of urea groups is 1. The molecule has 0 unspecified atom stereocenters. The summed E-state index contributed by atoms with van der Waals surface area (Å²) in [7, 11) is 0. The Morgan fingerprint density at radius 2 is 1.80 bits per heavy atom. The van der Waals surface area contributed by atoms with Crippen LogP contribution < -0.4 is 46.9 Å². The van der Waals surface area contributed by atoms with Crippen molar-refractivity contribution in [3.63, 3.8) is 0 Å². The number of amides is 6. The number of hydrogen-bond acceptors (Lipinski definition) is 12. The Labute approximate surface area is 299 Å². The van der Waals surface area contributed by atoms with Crippen LogP contribution in [0.15, 0.2) is 22.4 Å². The number of carbonyl (C=O) groups is 5. The van der Waals surface area contributed by atoms with Crippen LogP contribution in [0.4, 0.5) is 14.7 Å². The Balaban J connectivity index is 1.47. The molecule has 0 aromatic carbocycles. The van der Waals surface area contributed by atoms with Gasteiger partial charge in [0.25, 0.3) is 5.91 Å². The highest BCUT2D eigenvalue weighted by atomic mass is 32.1. The molecule has 1 aliphatic rings. The molecule has 0 spiro atoms. The molecule has 2 aromatic rings. The molecule has 3 rings (SSSR count). The van der Waals surface area contributed by atoms with Gasteiger partial charge in [-0.15, -0.1) is 11.3 Å². The van der Waals surface area contributed by atoms with Crippen LogP contribution in [0.2, 0.25) is 0 Å². The van der Waals surface area contributed by atoms with Crippen LogP contribution in [-0.4, -0.2) is 88.8 Å². The van der Waals surface area contributed by atoms with Gasteiger partial charge in [-0.2, -0.15) is 4.73 Å². The van der Waals surface area contributed by atoms with Crippen molar-refractivity contribution in [3.05, 3.63) is 39.3 Å². The third-order valence-corrected chi connectivity index (χ3v) is 7.86. The SMILES string of the molecule is CCCCOc1cn(OCCCC)c(CNC(=O)N[C@H](C)C(=O)NC[C@H]2NC(=O)[C@H]2NC(=O)C(=N)c2csc(NC(=O)OC(C)(C)C)n2)cc1=O. The number of thiazole rings is 1. The lowest BCUT2D eigenvalue weighted by Crippen LogP contribution is -2.72. The van der Waals surface area contributed by atoms with Gasteiger partial charge in [-0.3, -0.25) is 29.9 Å². The van der Waals surface area contributed by atoms with Gasteiger partial charge in [0.1, 0.15) is 35.7 Å². The van der Waals surface area contributed by atoms with Gasteiger partial charge in [0.05, 0.1) is 31.1 Å². The van der Waals surface area contributed by atoms with Crippen molar-refractivity contribution < 1.29 is 38.3 Å². The van der Waals surface area contributed by atoms with Crippen molar-refractivity contribution >= 4 is 52.0 Å². The molecular weight excluding hydrogens is 686 g/mol. The molecule has 1 aliphatic heterocycles. The Morgan fingerprint density at radius 3 is 2.47 bits per heavy atom. The second kappa shape index (κ2) is 18.7. The summed E-state index contributed by atoms with van der Waals surface area (Å²) in [5, 5.41) is 24.9. The molecule has 51 heavy (non-hydrogen) atoms. The van der Waals surface area contributed by atoms with Crippen LogP contribution in [0.25, 0.3) is 0 Å². The number of anilines is 1. The van der Waals surface area contributed by atoms with Crippen molar-refractivity contribution in [1.29, 1.82) is 5.41 Å². The second-order valence-corrected chi connectivity index (χ2v) is 13.5. The standard InChI is InChI=1S/C32H47N9O9S/c1-7-9-11-48-23-16-41(49-12-10-8-2)19(13-22(23)42)14-35-29(46)36-18(3)26(43)34-15-20-25(28(45)37-20)39-27(44)24(33)21-17-51-30(38-21)40-31(47)50-32(4,5)6/h13,16-18,20,25,33H,7-12,14-15H2,1-6H3,(H,34,43)(H,37,45)(H,39,44)(H2,35,36,46)(H,38,40,47)/t18-,20-,25+/m1/s1. The van der Waals surface area contributed by atoms with E-state index in [-0.39, 0.29) is 35.1 Å². The highest BCUT2D eigenvalue weighted by Gasteiger charge is 2.41. The van der Waals surface area contributed by atoms with E-state index >= 15 is 0 Å². The maximum absolute atomic E-state index is 12.7. The average Bonchev–Trinajstić information content (AvgIpc) is 3.52. The average molecular weight is 734 g/mol. The zero-order valence-corrected chi connectivity index (χ0v) is 30.4. The maximum Gasteiger partial charge on any atom is 0.413 e. The molecule has 6 amide bonds. The van der Waals surface area contributed by atoms with Crippen LogP contribution in [0.1, 0.15) is 78.6 Å². The Morgan fingerprint density at radius 1 is 1.10 bits per heavy atom. The van der Waals surface area contributed by atoms with Gasteiger partial charge in [0.15, 0.2) is 10.9 Å². The van der Waals surface area contributed by atoms with Gasteiger partial charge < -0.3 is 40.9 Å². The predicted molar refractivity (Wildman–Crippen MR) is 188 cm³/mol. The molecule has 2 aromatic heterocycles. The maximum atomic E-state index is 12.7. The molecule has 7 N–H and O–H groups in total. The molecule has 0 bridgehead atoms. The van der Waals surface area contributed by atoms with Gasteiger partial charge >= 0.3 is 12.1 Å². The summed E-state index contributed by atoms with van der Waals surface area (Å²) < 4.78 is 12.2. The Kier molecular flexibility index (Phi) is 14.7. The van der Waals surface area contributed by atoms with Crippen molar-refractivity contribution in [2.45, 2.75) is 97.5 Å². The van der Waals surface area contributed by atoms with Crippen LogP contribution in [-0.2, 0) is 25.7 Å². The van der Waals surface area contributed by atoms with Crippen molar-refractivity contribution in [2.75, 3.05) is 25.1 Å². The fourth-order valence-electron chi connectivity index (χ4n) is 4.32. The van der Waals surface area contributed by atoms with Crippen molar-refractivity contribution in [3.8, 4) is 5.75 Å². The van der Waals surface area contributed by atoms with E-state index in [0.29, 0.717) is 18.9 Å². The molecule has 1 saturated heterocycles. The lowest BCUT2D eigenvalue weighted by atomic mass is 9.98. The number of nitrogens with zero attached hydrogens (tertiary/aromatic N) is 2. The minimum Gasteiger partial charge on any atom is -0.488 e. The van der Waals surface area contributed by atoms with Crippen LogP contribution in [0, 0.1) is 5.41 Å². The topological polar surface area (TPSA) is 244 Å².